The van der Waals surface area contributed by atoms with E-state index in [0.717, 1.165) is 36.8 Å². The number of H-pyrrole nitrogens is 1. The van der Waals surface area contributed by atoms with Gasteiger partial charge in [0.2, 0.25) is 0 Å². The van der Waals surface area contributed by atoms with Crippen molar-refractivity contribution in [3.63, 3.8) is 0 Å². The Labute approximate surface area is 131 Å². The predicted octanol–water partition coefficient (Wildman–Crippen LogP) is 2.95. The quantitative estimate of drug-likeness (QED) is 0.943. The second kappa shape index (κ2) is 6.92. The smallest absolute Gasteiger partial charge is 0.167 e. The Hall–Kier alpha value is -1.88. The van der Waals surface area contributed by atoms with E-state index in [9.17, 15) is 0 Å². The molecule has 0 spiro atoms. The third kappa shape index (κ3) is 3.47. The van der Waals surface area contributed by atoms with Gasteiger partial charge in [0.15, 0.2) is 5.82 Å². The Balaban J connectivity index is 1.69. The minimum absolute atomic E-state index is 0.350. The summed E-state index contributed by atoms with van der Waals surface area (Å²) in [6.45, 7) is 1.13. The summed E-state index contributed by atoms with van der Waals surface area (Å²) in [5.41, 5.74) is 1.21. The first-order valence-corrected chi connectivity index (χ1v) is 8.00. The van der Waals surface area contributed by atoms with Crippen molar-refractivity contribution in [1.29, 1.82) is 0 Å². The van der Waals surface area contributed by atoms with Crippen LogP contribution >= 0.6 is 0 Å². The lowest BCUT2D eigenvalue weighted by Crippen LogP contribution is -2.24. The largest absolute Gasteiger partial charge is 0.497 e. The second-order valence-corrected chi connectivity index (χ2v) is 6.01. The molecule has 118 valence electrons. The van der Waals surface area contributed by atoms with Gasteiger partial charge in [-0.2, -0.15) is 5.10 Å². The van der Waals surface area contributed by atoms with E-state index < -0.39 is 0 Å². The molecule has 5 heteroatoms. The minimum atomic E-state index is 0.350. The third-order valence-electron chi connectivity index (χ3n) is 4.40. The maximum absolute atomic E-state index is 5.19. The van der Waals surface area contributed by atoms with Crippen LogP contribution in [0.2, 0.25) is 0 Å². The van der Waals surface area contributed by atoms with E-state index in [1.165, 1.54) is 24.8 Å². The van der Waals surface area contributed by atoms with Crippen molar-refractivity contribution in [1.82, 2.24) is 20.1 Å². The summed E-state index contributed by atoms with van der Waals surface area (Å²) >= 11 is 0. The van der Waals surface area contributed by atoms with Crippen LogP contribution in [0.15, 0.2) is 24.3 Å². The molecule has 2 heterocycles. The van der Waals surface area contributed by atoms with Crippen LogP contribution in [0.4, 0.5) is 0 Å². The fraction of sp³-hybridized carbons (Fsp3) is 0.529. The van der Waals surface area contributed by atoms with Gasteiger partial charge in [0, 0.05) is 6.42 Å². The number of likely N-dealkylation sites (tertiary alicyclic amines) is 1. The molecule has 0 saturated carbocycles. The first kappa shape index (κ1) is 15.0. The monoisotopic (exact) mass is 300 g/mol. The lowest BCUT2D eigenvalue weighted by Gasteiger charge is -2.22. The molecule has 0 radical (unpaired) electrons. The van der Waals surface area contributed by atoms with Crippen LogP contribution in [-0.2, 0) is 6.42 Å². The van der Waals surface area contributed by atoms with Gasteiger partial charge in [0.1, 0.15) is 11.6 Å². The zero-order chi connectivity index (χ0) is 15.4. The van der Waals surface area contributed by atoms with Gasteiger partial charge in [-0.1, -0.05) is 25.0 Å². The molecule has 1 aliphatic rings. The van der Waals surface area contributed by atoms with Crippen molar-refractivity contribution in [2.24, 2.45) is 0 Å². The SMILES string of the molecule is COc1ccc(Cc2nc(C3CCCCCN3C)n[nH]2)cc1. The summed E-state index contributed by atoms with van der Waals surface area (Å²) in [5.74, 6) is 2.74. The van der Waals surface area contributed by atoms with Crippen molar-refractivity contribution >= 4 is 0 Å². The minimum Gasteiger partial charge on any atom is -0.497 e. The van der Waals surface area contributed by atoms with E-state index in [1.807, 2.05) is 12.1 Å². The molecular formula is C17H24N4O. The molecule has 1 atom stereocenters. The highest BCUT2D eigenvalue weighted by molar-refractivity contribution is 5.28. The van der Waals surface area contributed by atoms with Gasteiger partial charge >= 0.3 is 0 Å². The summed E-state index contributed by atoms with van der Waals surface area (Å²) in [4.78, 5) is 7.11. The summed E-state index contributed by atoms with van der Waals surface area (Å²) < 4.78 is 5.19. The molecule has 0 bridgehead atoms. The number of hydrogen-bond donors (Lipinski definition) is 1. The average molecular weight is 300 g/mol. The zero-order valence-corrected chi connectivity index (χ0v) is 13.4. The summed E-state index contributed by atoms with van der Waals surface area (Å²) in [5, 5.41) is 7.56. The first-order chi connectivity index (χ1) is 10.8. The molecule has 1 aliphatic heterocycles. The van der Waals surface area contributed by atoms with Gasteiger partial charge in [-0.15, -0.1) is 0 Å². The molecule has 0 aliphatic carbocycles. The maximum atomic E-state index is 5.19. The Kier molecular flexibility index (Phi) is 4.73. The van der Waals surface area contributed by atoms with Gasteiger partial charge in [0.25, 0.3) is 0 Å². The van der Waals surface area contributed by atoms with E-state index in [1.54, 1.807) is 7.11 Å². The van der Waals surface area contributed by atoms with Crippen LogP contribution in [0.5, 0.6) is 5.75 Å². The van der Waals surface area contributed by atoms with Gasteiger partial charge in [-0.3, -0.25) is 10.00 Å². The van der Waals surface area contributed by atoms with Crippen molar-refractivity contribution in [2.45, 2.75) is 38.1 Å². The van der Waals surface area contributed by atoms with E-state index in [-0.39, 0.29) is 0 Å². The number of aromatic nitrogens is 3. The molecule has 1 saturated heterocycles. The van der Waals surface area contributed by atoms with Crippen LogP contribution in [0.3, 0.4) is 0 Å². The van der Waals surface area contributed by atoms with E-state index in [4.69, 9.17) is 9.72 Å². The number of methoxy groups -OCH3 is 1. The number of ether oxygens (including phenoxy) is 1. The van der Waals surface area contributed by atoms with Gasteiger partial charge in [-0.25, -0.2) is 4.98 Å². The van der Waals surface area contributed by atoms with Crippen LogP contribution < -0.4 is 4.74 Å². The third-order valence-corrected chi connectivity index (χ3v) is 4.40. The standard InChI is InChI=1S/C17H24N4O/c1-21-11-5-3-4-6-15(21)17-18-16(19-20-17)12-13-7-9-14(22-2)10-8-13/h7-10,15H,3-6,11-12H2,1-2H3,(H,18,19,20). The van der Waals surface area contributed by atoms with E-state index in [0.29, 0.717) is 6.04 Å². The van der Waals surface area contributed by atoms with Crippen LogP contribution in [-0.4, -0.2) is 40.8 Å². The van der Waals surface area contributed by atoms with Crippen molar-refractivity contribution < 1.29 is 4.74 Å². The van der Waals surface area contributed by atoms with Gasteiger partial charge in [0.05, 0.1) is 13.2 Å². The molecule has 1 aromatic carbocycles. The Morgan fingerprint density at radius 2 is 2.05 bits per heavy atom. The molecule has 0 amide bonds. The zero-order valence-electron chi connectivity index (χ0n) is 13.4. The van der Waals surface area contributed by atoms with Crippen molar-refractivity contribution in [2.75, 3.05) is 20.7 Å². The highest BCUT2D eigenvalue weighted by atomic mass is 16.5. The fourth-order valence-electron chi connectivity index (χ4n) is 3.05. The van der Waals surface area contributed by atoms with Crippen LogP contribution in [0.25, 0.3) is 0 Å². The normalized spacial score (nSPS) is 19.8. The number of nitrogens with zero attached hydrogens (tertiary/aromatic N) is 3. The summed E-state index contributed by atoms with van der Waals surface area (Å²) in [6, 6.07) is 8.44. The maximum Gasteiger partial charge on any atom is 0.167 e. The first-order valence-electron chi connectivity index (χ1n) is 8.00. The molecule has 1 aromatic heterocycles. The van der Waals surface area contributed by atoms with Crippen molar-refractivity contribution in [3.8, 4) is 5.75 Å². The number of rotatable bonds is 4. The Bertz CT molecular complexity index is 593. The lowest BCUT2D eigenvalue weighted by molar-refractivity contribution is 0.241. The fourth-order valence-corrected chi connectivity index (χ4v) is 3.05. The number of benzene rings is 1. The highest BCUT2D eigenvalue weighted by Crippen LogP contribution is 2.26. The second-order valence-electron chi connectivity index (χ2n) is 6.01. The number of nitrogens with one attached hydrogen (secondary N) is 1. The highest BCUT2D eigenvalue weighted by Gasteiger charge is 2.23. The van der Waals surface area contributed by atoms with E-state index >= 15 is 0 Å². The predicted molar refractivity (Wildman–Crippen MR) is 86.0 cm³/mol. The summed E-state index contributed by atoms with van der Waals surface area (Å²) in [6.07, 6.45) is 5.77. The van der Waals surface area contributed by atoms with Crippen LogP contribution in [0, 0.1) is 0 Å². The van der Waals surface area contributed by atoms with Gasteiger partial charge in [-0.05, 0) is 44.1 Å². The van der Waals surface area contributed by atoms with Gasteiger partial charge < -0.3 is 4.74 Å². The molecule has 1 unspecified atom stereocenters. The Morgan fingerprint density at radius 1 is 1.23 bits per heavy atom. The average Bonchev–Trinajstić information content (AvgIpc) is 2.88. The Morgan fingerprint density at radius 3 is 2.82 bits per heavy atom. The number of hydrogen-bond acceptors (Lipinski definition) is 4. The molecule has 5 nitrogen and oxygen atoms in total. The van der Waals surface area contributed by atoms with Crippen molar-refractivity contribution in [3.05, 3.63) is 41.5 Å². The molecule has 22 heavy (non-hydrogen) atoms. The topological polar surface area (TPSA) is 54.0 Å². The number of aromatic amines is 1. The lowest BCUT2D eigenvalue weighted by atomic mass is 10.1. The molecule has 1 N–H and O–H groups in total. The molecule has 3 rings (SSSR count). The molecular weight excluding hydrogens is 276 g/mol. The van der Waals surface area contributed by atoms with E-state index in [2.05, 4.69) is 34.3 Å². The molecule has 1 fully saturated rings. The molecule has 2 aromatic rings. The summed E-state index contributed by atoms with van der Waals surface area (Å²) in [7, 11) is 3.86. The van der Waals surface area contributed by atoms with Crippen LogP contribution in [0.1, 0.15) is 48.9 Å².